The van der Waals surface area contributed by atoms with E-state index in [1.54, 1.807) is 6.07 Å². The molecule has 3 nitrogen and oxygen atoms in total. The summed E-state index contributed by atoms with van der Waals surface area (Å²) >= 11 is 0. The molecule has 0 unspecified atom stereocenters. The Bertz CT molecular complexity index is 1200. The number of fused-ring (bicyclic) bond motifs is 1. The van der Waals surface area contributed by atoms with E-state index in [0.29, 0.717) is 22.2 Å². The second kappa shape index (κ2) is 7.99. The molecule has 0 N–H and O–H groups in total. The van der Waals surface area contributed by atoms with Crippen molar-refractivity contribution in [2.75, 3.05) is 7.11 Å². The number of oxime groups is 1. The van der Waals surface area contributed by atoms with Gasteiger partial charge in [0.25, 0.3) is 0 Å². The number of hydrogen-bond acceptors (Lipinski definition) is 3. The average molecular weight is 406 g/mol. The predicted octanol–water partition coefficient (Wildman–Crippen LogP) is 6.32. The summed E-state index contributed by atoms with van der Waals surface area (Å²) in [6.07, 6.45) is -3.07. The predicted molar refractivity (Wildman–Crippen MR) is 111 cm³/mol. The Balaban J connectivity index is 2.09. The number of pyridine rings is 1. The molecule has 0 spiro atoms. The van der Waals surface area contributed by atoms with Crippen LogP contribution < -0.4 is 0 Å². The lowest BCUT2D eigenvalue weighted by molar-refractivity contribution is -0.136. The van der Waals surface area contributed by atoms with E-state index in [1.165, 1.54) is 19.4 Å². The summed E-state index contributed by atoms with van der Waals surface area (Å²) in [5, 5.41) is 4.58. The summed E-state index contributed by atoms with van der Waals surface area (Å²) < 4.78 is 40.8. The van der Waals surface area contributed by atoms with Crippen molar-refractivity contribution in [1.29, 1.82) is 0 Å². The molecule has 1 aromatic heterocycles. The Morgan fingerprint density at radius 3 is 2.17 bits per heavy atom. The molecule has 0 fully saturated rings. The number of benzene rings is 3. The zero-order chi connectivity index (χ0) is 21.1. The minimum Gasteiger partial charge on any atom is -0.399 e. The molecular formula is C24H17F3N2O. The molecule has 6 heteroatoms. The van der Waals surface area contributed by atoms with Crippen LogP contribution in [0, 0.1) is 0 Å². The smallest absolute Gasteiger partial charge is 0.399 e. The first-order chi connectivity index (χ1) is 14.5. The van der Waals surface area contributed by atoms with Gasteiger partial charge in [-0.2, -0.15) is 13.2 Å². The van der Waals surface area contributed by atoms with Crippen LogP contribution in [0.25, 0.3) is 22.0 Å². The lowest BCUT2D eigenvalue weighted by Crippen LogP contribution is -2.10. The van der Waals surface area contributed by atoms with Crippen molar-refractivity contribution < 1.29 is 18.0 Å². The van der Waals surface area contributed by atoms with Gasteiger partial charge in [0.1, 0.15) is 12.8 Å². The molecule has 0 amide bonds. The van der Waals surface area contributed by atoms with E-state index in [4.69, 9.17) is 4.84 Å². The number of aromatic nitrogens is 1. The normalized spacial score (nSPS) is 12.2. The van der Waals surface area contributed by atoms with Crippen LogP contribution in [0.2, 0.25) is 0 Å². The lowest BCUT2D eigenvalue weighted by atomic mass is 9.91. The number of para-hydroxylation sites is 1. The van der Waals surface area contributed by atoms with Crippen molar-refractivity contribution in [3.8, 4) is 11.1 Å². The van der Waals surface area contributed by atoms with E-state index in [0.717, 1.165) is 17.2 Å². The van der Waals surface area contributed by atoms with E-state index >= 15 is 0 Å². The van der Waals surface area contributed by atoms with Crippen molar-refractivity contribution in [3.05, 3.63) is 102 Å². The number of halogens is 3. The zero-order valence-corrected chi connectivity index (χ0v) is 16.0. The van der Waals surface area contributed by atoms with Gasteiger partial charge in [0, 0.05) is 28.3 Å². The van der Waals surface area contributed by atoms with Gasteiger partial charge in [-0.3, -0.25) is 4.98 Å². The number of alkyl halides is 3. The van der Waals surface area contributed by atoms with Gasteiger partial charge in [0.05, 0.1) is 11.1 Å². The van der Waals surface area contributed by atoms with E-state index in [1.807, 2.05) is 60.7 Å². The average Bonchev–Trinajstić information content (AvgIpc) is 2.77. The summed E-state index contributed by atoms with van der Waals surface area (Å²) in [4.78, 5) is 9.28. The molecule has 0 saturated carbocycles. The molecule has 0 aliphatic heterocycles. The highest BCUT2D eigenvalue weighted by atomic mass is 19.4. The SMILES string of the molecule is CO/N=C(/c1ccccc1)c1cnc2c(C(F)(F)F)cccc2c1-c1ccccc1. The molecule has 0 aliphatic carbocycles. The summed E-state index contributed by atoms with van der Waals surface area (Å²) in [5.74, 6) is 0. The maximum absolute atomic E-state index is 13.6. The molecule has 1 heterocycles. The van der Waals surface area contributed by atoms with Crippen molar-refractivity contribution >= 4 is 16.6 Å². The van der Waals surface area contributed by atoms with Crippen LogP contribution in [0.1, 0.15) is 16.7 Å². The lowest BCUT2D eigenvalue weighted by Gasteiger charge is -2.17. The highest BCUT2D eigenvalue weighted by Gasteiger charge is 2.34. The summed E-state index contributed by atoms with van der Waals surface area (Å²) in [6, 6.07) is 22.7. The van der Waals surface area contributed by atoms with Gasteiger partial charge in [0.2, 0.25) is 0 Å². The summed E-state index contributed by atoms with van der Waals surface area (Å²) in [5.41, 5.74) is 2.35. The van der Waals surface area contributed by atoms with E-state index < -0.39 is 11.7 Å². The number of nitrogens with zero attached hydrogens (tertiary/aromatic N) is 2. The largest absolute Gasteiger partial charge is 0.418 e. The fraction of sp³-hybridized carbons (Fsp3) is 0.0833. The first kappa shape index (κ1) is 19.6. The Morgan fingerprint density at radius 2 is 1.53 bits per heavy atom. The van der Waals surface area contributed by atoms with Crippen LogP contribution in [-0.2, 0) is 11.0 Å². The molecular weight excluding hydrogens is 389 g/mol. The van der Waals surface area contributed by atoms with Crippen molar-refractivity contribution in [1.82, 2.24) is 4.98 Å². The van der Waals surface area contributed by atoms with Crippen LogP contribution in [0.15, 0.2) is 90.2 Å². The molecule has 3 aromatic carbocycles. The number of rotatable bonds is 4. The maximum Gasteiger partial charge on any atom is 0.418 e. The Morgan fingerprint density at radius 1 is 0.867 bits per heavy atom. The number of hydrogen-bond donors (Lipinski definition) is 0. The van der Waals surface area contributed by atoms with Crippen LogP contribution in [0.5, 0.6) is 0 Å². The highest BCUT2D eigenvalue weighted by Crippen LogP contribution is 2.39. The van der Waals surface area contributed by atoms with Gasteiger partial charge in [-0.1, -0.05) is 78.0 Å². The molecule has 150 valence electrons. The molecule has 0 saturated heterocycles. The quantitative estimate of drug-likeness (QED) is 0.294. The van der Waals surface area contributed by atoms with Gasteiger partial charge in [-0.05, 0) is 11.6 Å². The summed E-state index contributed by atoms with van der Waals surface area (Å²) in [7, 11) is 1.43. The first-order valence-corrected chi connectivity index (χ1v) is 9.22. The molecule has 0 aliphatic rings. The maximum atomic E-state index is 13.6. The molecule has 4 aromatic rings. The fourth-order valence-electron chi connectivity index (χ4n) is 3.49. The minimum absolute atomic E-state index is 0.0996. The van der Waals surface area contributed by atoms with Gasteiger partial charge < -0.3 is 4.84 Å². The molecule has 0 atom stereocenters. The Labute approximate surface area is 171 Å². The fourth-order valence-corrected chi connectivity index (χ4v) is 3.49. The third-order valence-electron chi connectivity index (χ3n) is 4.75. The minimum atomic E-state index is -4.51. The second-order valence-electron chi connectivity index (χ2n) is 6.60. The zero-order valence-electron chi connectivity index (χ0n) is 16.0. The van der Waals surface area contributed by atoms with Crippen molar-refractivity contribution in [2.24, 2.45) is 5.16 Å². The van der Waals surface area contributed by atoms with Crippen LogP contribution in [-0.4, -0.2) is 17.8 Å². The van der Waals surface area contributed by atoms with E-state index in [-0.39, 0.29) is 5.52 Å². The van der Waals surface area contributed by atoms with Gasteiger partial charge in [-0.25, -0.2) is 0 Å². The molecule has 30 heavy (non-hydrogen) atoms. The van der Waals surface area contributed by atoms with Gasteiger partial charge in [-0.15, -0.1) is 0 Å². The Kier molecular flexibility index (Phi) is 5.23. The second-order valence-corrected chi connectivity index (χ2v) is 6.60. The highest BCUT2D eigenvalue weighted by molar-refractivity contribution is 6.19. The van der Waals surface area contributed by atoms with Crippen LogP contribution >= 0.6 is 0 Å². The van der Waals surface area contributed by atoms with Crippen LogP contribution in [0.3, 0.4) is 0 Å². The molecule has 0 bridgehead atoms. The monoisotopic (exact) mass is 406 g/mol. The van der Waals surface area contributed by atoms with E-state index in [2.05, 4.69) is 10.1 Å². The van der Waals surface area contributed by atoms with E-state index in [9.17, 15) is 13.2 Å². The van der Waals surface area contributed by atoms with Crippen molar-refractivity contribution in [3.63, 3.8) is 0 Å². The van der Waals surface area contributed by atoms with Gasteiger partial charge in [0.15, 0.2) is 0 Å². The van der Waals surface area contributed by atoms with Gasteiger partial charge >= 0.3 is 6.18 Å². The topological polar surface area (TPSA) is 34.5 Å². The molecule has 0 radical (unpaired) electrons. The van der Waals surface area contributed by atoms with Crippen molar-refractivity contribution in [2.45, 2.75) is 6.18 Å². The third-order valence-corrected chi connectivity index (χ3v) is 4.75. The first-order valence-electron chi connectivity index (χ1n) is 9.22. The third kappa shape index (κ3) is 3.64. The van der Waals surface area contributed by atoms with Crippen LogP contribution in [0.4, 0.5) is 13.2 Å². The summed E-state index contributed by atoms with van der Waals surface area (Å²) in [6.45, 7) is 0. The molecule has 4 rings (SSSR count). The Hall–Kier alpha value is -3.67. The standard InChI is InChI=1S/C24H17F3N2O/c1-30-29-22(17-11-6-3-7-12-17)19-15-28-23-18(13-8-14-20(23)24(25,26)27)21(19)16-9-4-2-5-10-16/h2-15H,1H3/b29-22-.